The molecule has 10 atom stereocenters. The van der Waals surface area contributed by atoms with E-state index in [1.54, 1.807) is 30.5 Å². The second kappa shape index (κ2) is 9.32. The Labute approximate surface area is 265 Å². The topological polar surface area (TPSA) is 151 Å². The third kappa shape index (κ3) is 3.50. The zero-order valence-electron chi connectivity index (χ0n) is 26.0. The first-order chi connectivity index (χ1) is 21.8. The summed E-state index contributed by atoms with van der Waals surface area (Å²) in [7, 11) is 0. The number of hydrogen-bond donors (Lipinski definition) is 1. The normalized spacial score (nSPS) is 43.3. The van der Waals surface area contributed by atoms with Gasteiger partial charge in [-0.25, -0.2) is 9.59 Å². The van der Waals surface area contributed by atoms with E-state index in [2.05, 4.69) is 0 Å². The van der Waals surface area contributed by atoms with Gasteiger partial charge in [-0.2, -0.15) is 0 Å². The Morgan fingerprint density at radius 1 is 1.02 bits per heavy atom. The van der Waals surface area contributed by atoms with Gasteiger partial charge in [-0.3, -0.25) is 9.59 Å². The predicted octanol–water partition coefficient (Wildman–Crippen LogP) is 4.08. The van der Waals surface area contributed by atoms with Crippen LogP contribution in [-0.4, -0.2) is 64.9 Å². The highest BCUT2D eigenvalue weighted by Crippen LogP contribution is 2.80. The summed E-state index contributed by atoms with van der Waals surface area (Å²) in [5.41, 5.74) is -3.91. The van der Waals surface area contributed by atoms with Crippen LogP contribution in [0.2, 0.25) is 0 Å². The number of cyclic esters (lactones) is 2. The Kier molecular flexibility index (Phi) is 5.96. The minimum Gasteiger partial charge on any atom is -0.508 e. The molecular weight excluding hydrogens is 596 g/mol. The molecule has 2 saturated carbocycles. The van der Waals surface area contributed by atoms with Gasteiger partial charge in [-0.05, 0) is 62.4 Å². The molecule has 0 radical (unpaired) electrons. The first-order valence-electron chi connectivity index (χ1n) is 15.7. The molecule has 11 nitrogen and oxygen atoms in total. The fourth-order valence-corrected chi connectivity index (χ4v) is 10.6. The predicted molar refractivity (Wildman–Crippen MR) is 157 cm³/mol. The van der Waals surface area contributed by atoms with Crippen LogP contribution in [0.25, 0.3) is 6.08 Å². The molecule has 11 heteroatoms. The summed E-state index contributed by atoms with van der Waals surface area (Å²) < 4.78 is 36.5. The summed E-state index contributed by atoms with van der Waals surface area (Å²) in [5, 5.41) is 9.63. The summed E-state index contributed by atoms with van der Waals surface area (Å²) in [6.45, 7) is 7.54. The van der Waals surface area contributed by atoms with Gasteiger partial charge in [-0.1, -0.05) is 26.0 Å². The second-order valence-electron chi connectivity index (χ2n) is 14.7. The maximum atomic E-state index is 15.1. The first-order valence-corrected chi connectivity index (χ1v) is 15.7. The SMILES string of the molecule is CC1(C)OC2CC(=O)OCC23C1C(=O)C(OC(=O)C=Cc1ccc(O)cc1)C1(C)C3CCC2(C)C(c3ccoc3)OC(=O)C3OC321. The Hall–Kier alpha value is -3.96. The van der Waals surface area contributed by atoms with E-state index in [0.29, 0.717) is 24.0 Å². The van der Waals surface area contributed by atoms with Crippen LogP contribution in [0.3, 0.4) is 0 Å². The van der Waals surface area contributed by atoms with Crippen molar-refractivity contribution in [2.75, 3.05) is 6.61 Å². The third-order valence-corrected chi connectivity index (χ3v) is 12.2. The van der Waals surface area contributed by atoms with E-state index < -0.39 is 81.6 Å². The van der Waals surface area contributed by atoms with Crippen molar-refractivity contribution in [3.63, 3.8) is 0 Å². The van der Waals surface area contributed by atoms with Crippen LogP contribution < -0.4 is 0 Å². The van der Waals surface area contributed by atoms with Gasteiger partial charge in [0.05, 0.1) is 36.6 Å². The maximum Gasteiger partial charge on any atom is 0.339 e. The molecular formula is C35H36O11. The van der Waals surface area contributed by atoms with Gasteiger partial charge >= 0.3 is 17.9 Å². The van der Waals surface area contributed by atoms with Crippen LogP contribution >= 0.6 is 0 Å². The van der Waals surface area contributed by atoms with E-state index in [1.165, 1.54) is 24.5 Å². The number of esters is 3. The van der Waals surface area contributed by atoms with E-state index >= 15 is 4.79 Å². The molecule has 2 aliphatic carbocycles. The molecule has 10 unspecified atom stereocenters. The van der Waals surface area contributed by atoms with Gasteiger partial charge in [0, 0.05) is 27.9 Å². The van der Waals surface area contributed by atoms with Gasteiger partial charge in [0.15, 0.2) is 18.0 Å². The van der Waals surface area contributed by atoms with Gasteiger partial charge in [0.25, 0.3) is 0 Å². The molecule has 2 spiro atoms. The summed E-state index contributed by atoms with van der Waals surface area (Å²) in [5.74, 6) is -3.09. The van der Waals surface area contributed by atoms with Crippen molar-refractivity contribution in [1.82, 2.24) is 0 Å². The van der Waals surface area contributed by atoms with E-state index in [-0.39, 0.29) is 24.6 Å². The highest BCUT2D eigenvalue weighted by atomic mass is 16.7. The quantitative estimate of drug-likeness (QED) is 0.225. The van der Waals surface area contributed by atoms with Gasteiger partial charge in [0.1, 0.15) is 24.1 Å². The zero-order valence-corrected chi connectivity index (χ0v) is 26.0. The molecule has 4 saturated heterocycles. The number of furan rings is 1. The van der Waals surface area contributed by atoms with E-state index in [9.17, 15) is 19.5 Å². The van der Waals surface area contributed by atoms with Crippen LogP contribution in [-0.2, 0) is 42.9 Å². The lowest BCUT2D eigenvalue weighted by Gasteiger charge is -2.66. The van der Waals surface area contributed by atoms with Crippen molar-refractivity contribution < 1.29 is 52.4 Å². The highest BCUT2D eigenvalue weighted by molar-refractivity contribution is 5.96. The number of fused-ring (bicyclic) bond motifs is 1. The molecule has 6 aliphatic rings. The van der Waals surface area contributed by atoms with E-state index in [4.69, 9.17) is 28.1 Å². The van der Waals surface area contributed by atoms with Crippen LogP contribution in [0.1, 0.15) is 64.2 Å². The number of Topliss-reactive ketones (excluding diaryl/α,β-unsaturated/α-hetero) is 1. The zero-order chi connectivity index (χ0) is 32.4. The Balaban J connectivity index is 1.28. The molecule has 46 heavy (non-hydrogen) atoms. The lowest BCUT2D eigenvalue weighted by molar-refractivity contribution is -0.255. The van der Waals surface area contributed by atoms with Crippen molar-refractivity contribution in [1.29, 1.82) is 0 Å². The van der Waals surface area contributed by atoms with Gasteiger partial charge < -0.3 is 33.2 Å². The fourth-order valence-electron chi connectivity index (χ4n) is 10.6. The monoisotopic (exact) mass is 632 g/mol. The highest BCUT2D eigenvalue weighted by Gasteiger charge is 2.91. The second-order valence-corrected chi connectivity index (χ2v) is 14.7. The van der Waals surface area contributed by atoms with Crippen LogP contribution in [0.15, 0.2) is 53.4 Å². The number of carbonyl (C=O) groups is 4. The number of carbonyl (C=O) groups excluding carboxylic acids is 4. The molecule has 8 rings (SSSR count). The van der Waals surface area contributed by atoms with Crippen LogP contribution in [0.4, 0.5) is 0 Å². The number of epoxide rings is 1. The Morgan fingerprint density at radius 3 is 2.50 bits per heavy atom. The van der Waals surface area contributed by atoms with E-state index in [0.717, 1.165) is 0 Å². The summed E-state index contributed by atoms with van der Waals surface area (Å²) in [4.78, 5) is 54.9. The first kappa shape index (κ1) is 29.4. The fraction of sp³-hybridized carbons (Fsp3) is 0.543. The third-order valence-electron chi connectivity index (χ3n) is 12.2. The molecule has 1 aromatic carbocycles. The molecule has 0 amide bonds. The number of hydrogen-bond acceptors (Lipinski definition) is 11. The van der Waals surface area contributed by atoms with Crippen LogP contribution in [0.5, 0.6) is 5.75 Å². The van der Waals surface area contributed by atoms with Crippen molar-refractivity contribution in [3.8, 4) is 5.75 Å². The number of phenolic OH excluding ortho intramolecular Hbond substituents is 1. The molecule has 4 aliphatic heterocycles. The van der Waals surface area contributed by atoms with E-state index in [1.807, 2.05) is 27.7 Å². The smallest absolute Gasteiger partial charge is 0.339 e. The number of phenols is 1. The van der Waals surface area contributed by atoms with Crippen molar-refractivity contribution in [2.45, 2.75) is 82.6 Å². The van der Waals surface area contributed by atoms with Gasteiger partial charge in [0.2, 0.25) is 0 Å². The standard InChI is InChI=1S/C35H36O11/c1-31(2)26-25(39)28(43-23(37)10-7-18-5-8-20(36)9-6-18)33(4)21(34(26)17-42-24(38)15-22(34)45-31)11-13-32(3)27(19-12-14-41-16-19)44-30(40)29-35(32,33)46-29/h5-10,12,14,16,21-22,26-29,36H,11,13,15,17H2,1-4H3. The molecule has 0 bridgehead atoms. The van der Waals surface area contributed by atoms with Gasteiger partial charge in [-0.15, -0.1) is 0 Å². The number of ether oxygens (including phenoxy) is 5. The molecule has 6 fully saturated rings. The summed E-state index contributed by atoms with van der Waals surface area (Å²) in [6, 6.07) is 8.05. The Bertz CT molecular complexity index is 1680. The average molecular weight is 633 g/mol. The van der Waals surface area contributed by atoms with Crippen molar-refractivity contribution in [3.05, 3.63) is 60.1 Å². The average Bonchev–Trinajstić information content (AvgIpc) is 3.48. The molecule has 5 heterocycles. The van der Waals surface area contributed by atoms with Crippen molar-refractivity contribution >= 4 is 29.8 Å². The lowest BCUT2D eigenvalue weighted by Crippen LogP contribution is -2.76. The number of rotatable bonds is 4. The van der Waals surface area contributed by atoms with Crippen molar-refractivity contribution in [2.24, 2.45) is 28.1 Å². The molecule has 1 aromatic heterocycles. The number of aromatic hydroxyl groups is 1. The molecule has 2 aromatic rings. The summed E-state index contributed by atoms with van der Waals surface area (Å²) >= 11 is 0. The number of ketones is 1. The molecule has 1 N–H and O–H groups in total. The Morgan fingerprint density at radius 2 is 1.78 bits per heavy atom. The van der Waals surface area contributed by atoms with Crippen LogP contribution in [0, 0.1) is 28.1 Å². The lowest BCUT2D eigenvalue weighted by atomic mass is 9.36. The largest absolute Gasteiger partial charge is 0.508 e. The minimum atomic E-state index is -1.31. The summed E-state index contributed by atoms with van der Waals surface area (Å²) in [6.07, 6.45) is 3.31. The molecule has 242 valence electrons. The minimum absolute atomic E-state index is 0.00610. The maximum absolute atomic E-state index is 15.1. The number of benzene rings is 1.